The summed E-state index contributed by atoms with van der Waals surface area (Å²) in [6, 6.07) is 16.7. The highest BCUT2D eigenvalue weighted by atomic mass is 32.2. The maximum absolute atomic E-state index is 12.9. The minimum absolute atomic E-state index is 0.0433. The fourth-order valence-electron chi connectivity index (χ4n) is 2.69. The molecule has 0 saturated carbocycles. The van der Waals surface area contributed by atoms with Gasteiger partial charge in [0, 0.05) is 6.42 Å². The first-order valence-corrected chi connectivity index (χ1v) is 9.70. The summed E-state index contributed by atoms with van der Waals surface area (Å²) in [5, 5.41) is 0. The molecule has 0 amide bonds. The largest absolute Gasteiger partial charge is 0.523 e. The molecule has 0 aliphatic heterocycles. The van der Waals surface area contributed by atoms with E-state index in [9.17, 15) is 26.4 Å². The van der Waals surface area contributed by atoms with E-state index < -0.39 is 33.6 Å². The summed E-state index contributed by atoms with van der Waals surface area (Å²) in [6.07, 6.45) is -1.86. The standard InChI is InChI=1S/C19H19F3O5S/c1-26-18(23)16(12-14-8-4-2-5-9-14)17(13-15-10-6-3-7-11-15)27-28(24,25)19(20,21)22/h2-11,16-17H,12-13H2,1H3. The van der Waals surface area contributed by atoms with E-state index in [0.29, 0.717) is 11.1 Å². The van der Waals surface area contributed by atoms with Gasteiger partial charge in [0.05, 0.1) is 19.1 Å². The second-order valence-electron chi connectivity index (χ2n) is 6.04. The molecule has 0 heterocycles. The predicted molar refractivity (Wildman–Crippen MR) is 95.6 cm³/mol. The average Bonchev–Trinajstić information content (AvgIpc) is 2.65. The molecule has 0 N–H and O–H groups in total. The van der Waals surface area contributed by atoms with Crippen molar-refractivity contribution in [1.82, 2.24) is 0 Å². The number of halogens is 3. The van der Waals surface area contributed by atoms with Gasteiger partial charge in [-0.3, -0.25) is 8.98 Å². The summed E-state index contributed by atoms with van der Waals surface area (Å²) in [4.78, 5) is 12.3. The molecule has 2 atom stereocenters. The van der Waals surface area contributed by atoms with E-state index >= 15 is 0 Å². The molecule has 9 heteroatoms. The summed E-state index contributed by atoms with van der Waals surface area (Å²) < 4.78 is 71.1. The lowest BCUT2D eigenvalue weighted by Crippen LogP contribution is -2.39. The summed E-state index contributed by atoms with van der Waals surface area (Å²) in [5.41, 5.74) is -4.45. The molecule has 2 unspecified atom stereocenters. The van der Waals surface area contributed by atoms with E-state index in [-0.39, 0.29) is 12.8 Å². The van der Waals surface area contributed by atoms with Crippen molar-refractivity contribution in [2.45, 2.75) is 24.5 Å². The molecule has 5 nitrogen and oxygen atoms in total. The molecule has 2 aromatic rings. The molecule has 2 rings (SSSR count). The monoisotopic (exact) mass is 416 g/mol. The van der Waals surface area contributed by atoms with Gasteiger partial charge in [-0.25, -0.2) is 0 Å². The van der Waals surface area contributed by atoms with Crippen molar-refractivity contribution in [3.8, 4) is 0 Å². The number of benzene rings is 2. The number of hydrogen-bond acceptors (Lipinski definition) is 5. The van der Waals surface area contributed by atoms with Crippen LogP contribution in [0.1, 0.15) is 11.1 Å². The molecule has 0 spiro atoms. The average molecular weight is 416 g/mol. The SMILES string of the molecule is COC(=O)C(Cc1ccccc1)C(Cc1ccccc1)OS(=O)(=O)C(F)(F)F. The summed E-state index contributed by atoms with van der Waals surface area (Å²) in [6.45, 7) is 0. The van der Waals surface area contributed by atoms with Crippen LogP contribution in [-0.4, -0.2) is 33.1 Å². The molecule has 152 valence electrons. The Morgan fingerprint density at radius 3 is 1.82 bits per heavy atom. The number of alkyl halides is 3. The van der Waals surface area contributed by atoms with Gasteiger partial charge in [-0.2, -0.15) is 21.6 Å². The Morgan fingerprint density at radius 2 is 1.39 bits per heavy atom. The van der Waals surface area contributed by atoms with E-state index in [2.05, 4.69) is 4.18 Å². The van der Waals surface area contributed by atoms with Crippen LogP contribution in [0.15, 0.2) is 60.7 Å². The van der Waals surface area contributed by atoms with Crippen molar-refractivity contribution < 1.29 is 35.3 Å². The van der Waals surface area contributed by atoms with Crippen molar-refractivity contribution in [3.63, 3.8) is 0 Å². The van der Waals surface area contributed by atoms with Crippen molar-refractivity contribution in [3.05, 3.63) is 71.8 Å². The zero-order valence-corrected chi connectivity index (χ0v) is 15.7. The second-order valence-corrected chi connectivity index (χ2v) is 7.61. The number of methoxy groups -OCH3 is 1. The normalized spacial score (nSPS) is 14.3. The Hall–Kier alpha value is -2.39. The predicted octanol–water partition coefficient (Wildman–Crippen LogP) is 3.50. The van der Waals surface area contributed by atoms with Gasteiger partial charge >= 0.3 is 21.6 Å². The van der Waals surface area contributed by atoms with Crippen LogP contribution in [0.3, 0.4) is 0 Å². The van der Waals surface area contributed by atoms with Gasteiger partial charge in [-0.05, 0) is 17.5 Å². The first kappa shape index (κ1) is 21.9. The molecular weight excluding hydrogens is 397 g/mol. The zero-order chi connectivity index (χ0) is 20.8. The highest BCUT2D eigenvalue weighted by Gasteiger charge is 2.50. The number of rotatable bonds is 8. The van der Waals surface area contributed by atoms with Gasteiger partial charge in [0.25, 0.3) is 0 Å². The lowest BCUT2D eigenvalue weighted by molar-refractivity contribution is -0.149. The van der Waals surface area contributed by atoms with Gasteiger partial charge in [0.15, 0.2) is 0 Å². The Balaban J connectivity index is 2.41. The van der Waals surface area contributed by atoms with E-state index in [4.69, 9.17) is 4.74 Å². The van der Waals surface area contributed by atoms with E-state index in [1.165, 1.54) is 0 Å². The summed E-state index contributed by atoms with van der Waals surface area (Å²) in [5.74, 6) is -2.12. The number of ether oxygens (including phenoxy) is 1. The third kappa shape index (κ3) is 5.80. The zero-order valence-electron chi connectivity index (χ0n) is 14.9. The van der Waals surface area contributed by atoms with Gasteiger partial charge in [0.2, 0.25) is 0 Å². The van der Waals surface area contributed by atoms with Crippen LogP contribution in [0.4, 0.5) is 13.2 Å². The first-order valence-electron chi connectivity index (χ1n) is 8.29. The van der Waals surface area contributed by atoms with Crippen molar-refractivity contribution in [1.29, 1.82) is 0 Å². The minimum atomic E-state index is -5.90. The minimum Gasteiger partial charge on any atom is -0.469 e. The third-order valence-electron chi connectivity index (χ3n) is 4.06. The Morgan fingerprint density at radius 1 is 0.929 bits per heavy atom. The van der Waals surface area contributed by atoms with Gasteiger partial charge < -0.3 is 4.74 Å². The van der Waals surface area contributed by atoms with Crippen molar-refractivity contribution in [2.75, 3.05) is 7.11 Å². The molecule has 28 heavy (non-hydrogen) atoms. The van der Waals surface area contributed by atoms with Crippen LogP contribution in [0.5, 0.6) is 0 Å². The van der Waals surface area contributed by atoms with Gasteiger partial charge in [0.1, 0.15) is 0 Å². The number of carbonyl (C=O) groups is 1. The molecule has 0 radical (unpaired) electrons. The molecule has 2 aromatic carbocycles. The molecule has 0 aromatic heterocycles. The molecule has 0 bridgehead atoms. The molecule has 0 aliphatic carbocycles. The van der Waals surface area contributed by atoms with E-state index in [0.717, 1.165) is 7.11 Å². The lowest BCUT2D eigenvalue weighted by Gasteiger charge is -2.25. The maximum atomic E-state index is 12.9. The summed E-state index contributed by atoms with van der Waals surface area (Å²) >= 11 is 0. The quantitative estimate of drug-likeness (QED) is 0.374. The van der Waals surface area contributed by atoms with Crippen LogP contribution in [0.2, 0.25) is 0 Å². The van der Waals surface area contributed by atoms with Crippen molar-refractivity contribution >= 4 is 16.1 Å². The third-order valence-corrected chi connectivity index (χ3v) is 5.13. The smallest absolute Gasteiger partial charge is 0.469 e. The highest BCUT2D eigenvalue weighted by Crippen LogP contribution is 2.30. The van der Waals surface area contributed by atoms with Crippen LogP contribution < -0.4 is 0 Å². The highest BCUT2D eigenvalue weighted by molar-refractivity contribution is 7.87. The fraction of sp³-hybridized carbons (Fsp3) is 0.316. The van der Waals surface area contributed by atoms with Crippen LogP contribution in [0.25, 0.3) is 0 Å². The molecule has 0 fully saturated rings. The van der Waals surface area contributed by atoms with Crippen LogP contribution in [0, 0.1) is 5.92 Å². The maximum Gasteiger partial charge on any atom is 0.523 e. The van der Waals surface area contributed by atoms with Crippen molar-refractivity contribution in [2.24, 2.45) is 5.92 Å². The second kappa shape index (κ2) is 9.20. The fourth-order valence-corrected chi connectivity index (χ4v) is 3.33. The topological polar surface area (TPSA) is 69.7 Å². The number of hydrogen-bond donors (Lipinski definition) is 0. The molecule has 0 aliphatic rings. The van der Waals surface area contributed by atoms with Crippen LogP contribution in [-0.2, 0) is 36.7 Å². The Bertz CT molecular complexity index is 867. The van der Waals surface area contributed by atoms with Gasteiger partial charge in [-0.1, -0.05) is 60.7 Å². The van der Waals surface area contributed by atoms with E-state index in [1.54, 1.807) is 60.7 Å². The molecular formula is C19H19F3O5S. The first-order chi connectivity index (χ1) is 13.1. The van der Waals surface area contributed by atoms with Crippen LogP contribution >= 0.6 is 0 Å². The Kier molecular flexibility index (Phi) is 7.20. The van der Waals surface area contributed by atoms with E-state index in [1.807, 2.05) is 0 Å². The number of carbonyl (C=O) groups excluding carboxylic acids is 1. The summed E-state index contributed by atoms with van der Waals surface area (Å²) in [7, 11) is -4.82. The van der Waals surface area contributed by atoms with Gasteiger partial charge in [-0.15, -0.1) is 0 Å². The lowest BCUT2D eigenvalue weighted by atomic mass is 9.90. The number of esters is 1. The molecule has 0 saturated heterocycles. The Labute approximate surface area is 161 Å².